The molecule has 0 amide bonds. The first-order valence-corrected chi connectivity index (χ1v) is 3.97. The summed E-state index contributed by atoms with van der Waals surface area (Å²) in [5.74, 6) is -10.1. The third-order valence-electron chi connectivity index (χ3n) is 1.88. The van der Waals surface area contributed by atoms with Crippen LogP contribution < -0.4 is 0 Å². The normalized spacial score (nSPS) is 10.8. The fourth-order valence-electron chi connectivity index (χ4n) is 1.16. The largest absolute Gasteiger partial charge is 0.292 e. The molecule has 83 valence electrons. The molecule has 1 aromatic carbocycles. The lowest BCUT2D eigenvalue weighted by atomic mass is 10.2. The molecule has 1 heterocycles. The molecule has 0 fully saturated rings. The number of aromatic nitrogens is 2. The first kappa shape index (κ1) is 10.6. The number of hydrogen-bond acceptors (Lipinski definition) is 1. The zero-order chi connectivity index (χ0) is 11.9. The molecule has 1 radical (unpaired) electrons. The van der Waals surface area contributed by atoms with Gasteiger partial charge in [-0.3, -0.25) is 4.57 Å². The van der Waals surface area contributed by atoms with Crippen molar-refractivity contribution in [3.8, 4) is 5.69 Å². The SMILES string of the molecule is Fc1c(F)c(F)c(-n2[c]ncc2)c(F)c1F. The van der Waals surface area contributed by atoms with Crippen LogP contribution in [0.25, 0.3) is 5.69 Å². The van der Waals surface area contributed by atoms with Gasteiger partial charge in [-0.15, -0.1) is 0 Å². The molecule has 0 unspecified atom stereocenters. The Morgan fingerprint density at radius 2 is 1.38 bits per heavy atom. The fourth-order valence-corrected chi connectivity index (χ4v) is 1.16. The Hall–Kier alpha value is -1.92. The minimum atomic E-state index is -2.20. The van der Waals surface area contributed by atoms with Gasteiger partial charge in [0.25, 0.3) is 0 Å². The third-order valence-corrected chi connectivity index (χ3v) is 1.88. The summed E-state index contributed by atoms with van der Waals surface area (Å²) < 4.78 is 65.2. The molecule has 0 N–H and O–H groups in total. The zero-order valence-electron chi connectivity index (χ0n) is 7.44. The third kappa shape index (κ3) is 1.36. The van der Waals surface area contributed by atoms with E-state index in [9.17, 15) is 22.0 Å². The van der Waals surface area contributed by atoms with E-state index in [1.165, 1.54) is 0 Å². The minimum Gasteiger partial charge on any atom is -0.292 e. The number of nitrogens with zero attached hydrogens (tertiary/aromatic N) is 2. The van der Waals surface area contributed by atoms with Crippen molar-refractivity contribution < 1.29 is 22.0 Å². The Bertz CT molecular complexity index is 506. The smallest absolute Gasteiger partial charge is 0.200 e. The second-order valence-corrected chi connectivity index (χ2v) is 2.82. The van der Waals surface area contributed by atoms with E-state index in [0.29, 0.717) is 4.57 Å². The second-order valence-electron chi connectivity index (χ2n) is 2.82. The molecule has 0 aliphatic carbocycles. The first-order chi connectivity index (χ1) is 7.54. The number of rotatable bonds is 1. The van der Waals surface area contributed by atoms with Crippen LogP contribution in [0.1, 0.15) is 0 Å². The number of benzene rings is 1. The van der Waals surface area contributed by atoms with Crippen LogP contribution in [-0.2, 0) is 0 Å². The predicted octanol–water partition coefficient (Wildman–Crippen LogP) is 2.37. The van der Waals surface area contributed by atoms with E-state index in [2.05, 4.69) is 4.98 Å². The Morgan fingerprint density at radius 1 is 0.875 bits per heavy atom. The summed E-state index contributed by atoms with van der Waals surface area (Å²) in [6.45, 7) is 0. The molecule has 0 atom stereocenters. The van der Waals surface area contributed by atoms with Gasteiger partial charge in [0.05, 0.1) is 0 Å². The molecule has 2 rings (SSSR count). The topological polar surface area (TPSA) is 17.8 Å². The zero-order valence-corrected chi connectivity index (χ0v) is 7.44. The van der Waals surface area contributed by atoms with E-state index >= 15 is 0 Å². The molecule has 0 saturated heterocycles. The molecular weight excluding hydrogens is 231 g/mol. The van der Waals surface area contributed by atoms with Crippen molar-refractivity contribution in [1.82, 2.24) is 9.55 Å². The summed E-state index contributed by atoms with van der Waals surface area (Å²) >= 11 is 0. The van der Waals surface area contributed by atoms with E-state index in [-0.39, 0.29) is 0 Å². The summed E-state index contributed by atoms with van der Waals surface area (Å²) in [7, 11) is 0. The maximum atomic E-state index is 13.2. The van der Waals surface area contributed by atoms with Crippen molar-refractivity contribution >= 4 is 0 Å². The standard InChI is InChI=1S/C9H2F5N2/c10-4-5(11)7(13)9(8(14)6(4)12)16-2-1-15-3-16/h1-2H. The van der Waals surface area contributed by atoms with Gasteiger partial charge in [0.15, 0.2) is 29.6 Å². The Labute approximate surface area is 86.0 Å². The molecule has 0 saturated carbocycles. The number of imidazole rings is 1. The summed E-state index contributed by atoms with van der Waals surface area (Å²) in [5.41, 5.74) is -1.10. The van der Waals surface area contributed by atoms with Crippen molar-refractivity contribution in [2.24, 2.45) is 0 Å². The maximum absolute atomic E-state index is 13.2. The van der Waals surface area contributed by atoms with Crippen LogP contribution in [0.3, 0.4) is 0 Å². The highest BCUT2D eigenvalue weighted by Crippen LogP contribution is 2.25. The lowest BCUT2D eigenvalue weighted by molar-refractivity contribution is 0.375. The van der Waals surface area contributed by atoms with Crippen LogP contribution >= 0.6 is 0 Å². The molecule has 0 bridgehead atoms. The Kier molecular flexibility index (Phi) is 2.37. The van der Waals surface area contributed by atoms with Gasteiger partial charge in [-0.1, -0.05) is 0 Å². The van der Waals surface area contributed by atoms with Crippen molar-refractivity contribution in [2.75, 3.05) is 0 Å². The van der Waals surface area contributed by atoms with Gasteiger partial charge < -0.3 is 0 Å². The second kappa shape index (κ2) is 3.58. The monoisotopic (exact) mass is 233 g/mol. The lowest BCUT2D eigenvalue weighted by Crippen LogP contribution is -2.08. The summed E-state index contributed by atoms with van der Waals surface area (Å²) in [4.78, 5) is 3.33. The molecule has 0 aliphatic heterocycles. The molecule has 0 aliphatic rings. The van der Waals surface area contributed by atoms with Crippen LogP contribution in [0.5, 0.6) is 0 Å². The molecule has 2 nitrogen and oxygen atoms in total. The highest BCUT2D eigenvalue weighted by atomic mass is 19.2. The van der Waals surface area contributed by atoms with Crippen LogP contribution in [0, 0.1) is 35.4 Å². The van der Waals surface area contributed by atoms with Crippen LogP contribution in [-0.4, -0.2) is 9.55 Å². The van der Waals surface area contributed by atoms with Gasteiger partial charge in [0, 0.05) is 12.4 Å². The summed E-state index contributed by atoms with van der Waals surface area (Å²) in [6.07, 6.45) is 4.15. The molecular formula is C9H2F5N2. The molecule has 7 heteroatoms. The van der Waals surface area contributed by atoms with E-state index in [0.717, 1.165) is 12.4 Å². The van der Waals surface area contributed by atoms with E-state index in [4.69, 9.17) is 0 Å². The van der Waals surface area contributed by atoms with Gasteiger partial charge in [-0.05, 0) is 0 Å². The van der Waals surface area contributed by atoms with Gasteiger partial charge in [-0.25, -0.2) is 26.9 Å². The molecule has 0 spiro atoms. The highest BCUT2D eigenvalue weighted by molar-refractivity contribution is 5.37. The van der Waals surface area contributed by atoms with Crippen LogP contribution in [0.15, 0.2) is 12.4 Å². The number of hydrogen-bond donors (Lipinski definition) is 0. The summed E-state index contributed by atoms with van der Waals surface area (Å²) in [6, 6.07) is 0. The van der Waals surface area contributed by atoms with Crippen LogP contribution in [0.2, 0.25) is 0 Å². The molecule has 16 heavy (non-hydrogen) atoms. The van der Waals surface area contributed by atoms with E-state index in [1.807, 2.05) is 6.33 Å². The van der Waals surface area contributed by atoms with Gasteiger partial charge in [0.1, 0.15) is 5.69 Å². The van der Waals surface area contributed by atoms with Gasteiger partial charge in [0.2, 0.25) is 5.82 Å². The fraction of sp³-hybridized carbons (Fsp3) is 0. The number of halogens is 5. The van der Waals surface area contributed by atoms with Gasteiger partial charge >= 0.3 is 0 Å². The first-order valence-electron chi connectivity index (χ1n) is 3.97. The summed E-state index contributed by atoms with van der Waals surface area (Å²) in [5, 5.41) is 0. The quantitative estimate of drug-likeness (QED) is 0.420. The molecule has 2 aromatic rings. The van der Waals surface area contributed by atoms with Crippen molar-refractivity contribution in [3.63, 3.8) is 0 Å². The average Bonchev–Trinajstić information content (AvgIpc) is 2.77. The molecule has 1 aromatic heterocycles. The van der Waals surface area contributed by atoms with E-state index in [1.54, 1.807) is 0 Å². The van der Waals surface area contributed by atoms with Crippen molar-refractivity contribution in [1.29, 1.82) is 0 Å². The minimum absolute atomic E-state index is 0.580. The van der Waals surface area contributed by atoms with Crippen LogP contribution in [0.4, 0.5) is 22.0 Å². The van der Waals surface area contributed by atoms with E-state index < -0.39 is 34.8 Å². The highest BCUT2D eigenvalue weighted by Gasteiger charge is 2.26. The predicted molar refractivity (Wildman–Crippen MR) is 42.2 cm³/mol. The Morgan fingerprint density at radius 3 is 1.81 bits per heavy atom. The average molecular weight is 233 g/mol. The Balaban J connectivity index is 2.81. The van der Waals surface area contributed by atoms with Gasteiger partial charge in [-0.2, -0.15) is 0 Å². The maximum Gasteiger partial charge on any atom is 0.200 e. The van der Waals surface area contributed by atoms with Crippen molar-refractivity contribution in [3.05, 3.63) is 47.8 Å². The lowest BCUT2D eigenvalue weighted by Gasteiger charge is -2.07. The van der Waals surface area contributed by atoms with Crippen molar-refractivity contribution in [2.45, 2.75) is 0 Å².